The van der Waals surface area contributed by atoms with Crippen LogP contribution in [0.5, 0.6) is 0 Å². The quantitative estimate of drug-likeness (QED) is 0.681. The molecule has 0 radical (unpaired) electrons. The Kier molecular flexibility index (Phi) is 3.69. The van der Waals surface area contributed by atoms with Gasteiger partial charge in [0.25, 0.3) is 0 Å². The van der Waals surface area contributed by atoms with Crippen molar-refractivity contribution in [3.05, 3.63) is 0 Å². The maximum atomic E-state index is 11.3. The molecule has 76 valence electrons. The van der Waals surface area contributed by atoms with E-state index in [1.165, 1.54) is 0 Å². The van der Waals surface area contributed by atoms with Crippen LogP contribution in [0.25, 0.3) is 0 Å². The Morgan fingerprint density at radius 3 is 2.85 bits per heavy atom. The molecule has 0 spiro atoms. The molecule has 1 aliphatic rings. The van der Waals surface area contributed by atoms with E-state index in [2.05, 4.69) is 5.32 Å². The van der Waals surface area contributed by atoms with Crippen molar-refractivity contribution in [2.75, 3.05) is 19.7 Å². The third kappa shape index (κ3) is 2.97. The summed E-state index contributed by atoms with van der Waals surface area (Å²) in [5, 5.41) is 3.08. The number of ether oxygens (including phenoxy) is 1. The van der Waals surface area contributed by atoms with Gasteiger partial charge in [-0.2, -0.15) is 0 Å². The summed E-state index contributed by atoms with van der Waals surface area (Å²) >= 11 is 0. The molecule has 0 aromatic carbocycles. The van der Waals surface area contributed by atoms with E-state index in [1.54, 1.807) is 0 Å². The predicted molar refractivity (Wildman–Crippen MR) is 50.3 cm³/mol. The summed E-state index contributed by atoms with van der Waals surface area (Å²) in [7, 11) is 0. The molecule has 1 N–H and O–H groups in total. The first-order valence-electron chi connectivity index (χ1n) is 4.75. The molecule has 0 saturated carbocycles. The van der Waals surface area contributed by atoms with Gasteiger partial charge in [0.05, 0.1) is 25.4 Å². The maximum Gasteiger partial charge on any atom is 0.237 e. The van der Waals surface area contributed by atoms with Crippen LogP contribution in [0, 0.1) is 0 Å². The summed E-state index contributed by atoms with van der Waals surface area (Å²) in [5.41, 5.74) is 0. The van der Waals surface area contributed by atoms with E-state index in [-0.39, 0.29) is 18.2 Å². The lowest BCUT2D eigenvalue weighted by atomic mass is 10.4. The molecule has 4 nitrogen and oxygen atoms in total. The van der Waals surface area contributed by atoms with Crippen LogP contribution in [0.1, 0.15) is 20.8 Å². The van der Waals surface area contributed by atoms with E-state index in [0.29, 0.717) is 19.7 Å². The van der Waals surface area contributed by atoms with Crippen molar-refractivity contribution in [1.29, 1.82) is 0 Å². The Morgan fingerprint density at radius 2 is 2.38 bits per heavy atom. The normalized spacial score (nSPS) is 23.2. The third-order valence-electron chi connectivity index (χ3n) is 2.12. The molecule has 1 atom stereocenters. The molecule has 0 aromatic rings. The zero-order valence-corrected chi connectivity index (χ0v) is 8.54. The van der Waals surface area contributed by atoms with Gasteiger partial charge in [-0.1, -0.05) is 0 Å². The van der Waals surface area contributed by atoms with E-state index >= 15 is 0 Å². The molecule has 13 heavy (non-hydrogen) atoms. The van der Waals surface area contributed by atoms with Crippen LogP contribution in [-0.4, -0.2) is 42.8 Å². The number of hydrogen-bond acceptors (Lipinski definition) is 3. The van der Waals surface area contributed by atoms with Crippen LogP contribution < -0.4 is 5.32 Å². The maximum absolute atomic E-state index is 11.3. The monoisotopic (exact) mass is 186 g/mol. The Morgan fingerprint density at radius 1 is 1.69 bits per heavy atom. The van der Waals surface area contributed by atoms with Gasteiger partial charge in [0.1, 0.15) is 0 Å². The molecule has 1 fully saturated rings. The Labute approximate surface area is 79.2 Å². The molecule has 1 aliphatic heterocycles. The van der Waals surface area contributed by atoms with Crippen LogP contribution in [-0.2, 0) is 9.53 Å². The van der Waals surface area contributed by atoms with E-state index in [9.17, 15) is 4.79 Å². The van der Waals surface area contributed by atoms with Gasteiger partial charge >= 0.3 is 0 Å². The lowest BCUT2D eigenvalue weighted by Gasteiger charge is -2.21. The van der Waals surface area contributed by atoms with Crippen LogP contribution >= 0.6 is 0 Å². The SMILES string of the molecule is CC(C)OCCN1C(=O)CNC1C. The fourth-order valence-corrected chi connectivity index (χ4v) is 1.37. The summed E-state index contributed by atoms with van der Waals surface area (Å²) in [5.74, 6) is 0.167. The van der Waals surface area contributed by atoms with Crippen molar-refractivity contribution in [3.63, 3.8) is 0 Å². The van der Waals surface area contributed by atoms with Crippen LogP contribution in [0.15, 0.2) is 0 Å². The Hall–Kier alpha value is -0.610. The van der Waals surface area contributed by atoms with Crippen molar-refractivity contribution < 1.29 is 9.53 Å². The van der Waals surface area contributed by atoms with E-state index in [1.807, 2.05) is 25.7 Å². The number of nitrogens with one attached hydrogen (secondary N) is 1. The van der Waals surface area contributed by atoms with Gasteiger partial charge in [-0.05, 0) is 20.8 Å². The molecule has 0 aromatic heterocycles. The summed E-state index contributed by atoms with van der Waals surface area (Å²) < 4.78 is 5.38. The standard InChI is InChI=1S/C9H18N2O2/c1-7(2)13-5-4-11-8(3)10-6-9(11)12/h7-8,10H,4-6H2,1-3H3. The average molecular weight is 186 g/mol. The van der Waals surface area contributed by atoms with E-state index in [0.717, 1.165) is 0 Å². The fraction of sp³-hybridized carbons (Fsp3) is 0.889. The smallest absolute Gasteiger partial charge is 0.237 e. The van der Waals surface area contributed by atoms with Gasteiger partial charge in [0.2, 0.25) is 5.91 Å². The molecule has 4 heteroatoms. The number of rotatable bonds is 4. The first kappa shape index (κ1) is 10.5. The van der Waals surface area contributed by atoms with Crippen molar-refractivity contribution in [1.82, 2.24) is 10.2 Å². The van der Waals surface area contributed by atoms with Crippen molar-refractivity contribution in [2.24, 2.45) is 0 Å². The lowest BCUT2D eigenvalue weighted by Crippen LogP contribution is -2.37. The second kappa shape index (κ2) is 4.58. The molecular formula is C9H18N2O2. The molecular weight excluding hydrogens is 168 g/mol. The number of carbonyl (C=O) groups is 1. The second-order valence-corrected chi connectivity index (χ2v) is 3.56. The van der Waals surface area contributed by atoms with Crippen LogP contribution in [0.4, 0.5) is 0 Å². The van der Waals surface area contributed by atoms with Gasteiger partial charge in [-0.25, -0.2) is 0 Å². The van der Waals surface area contributed by atoms with Gasteiger partial charge < -0.3 is 9.64 Å². The average Bonchev–Trinajstić information content (AvgIpc) is 2.34. The Balaban J connectivity index is 2.23. The van der Waals surface area contributed by atoms with Gasteiger partial charge in [-0.3, -0.25) is 10.1 Å². The minimum absolute atomic E-state index is 0.156. The molecule has 1 saturated heterocycles. The highest BCUT2D eigenvalue weighted by Gasteiger charge is 2.25. The third-order valence-corrected chi connectivity index (χ3v) is 2.12. The van der Waals surface area contributed by atoms with E-state index in [4.69, 9.17) is 4.74 Å². The van der Waals surface area contributed by atoms with Crippen LogP contribution in [0.3, 0.4) is 0 Å². The summed E-state index contributed by atoms with van der Waals surface area (Å²) in [6, 6.07) is 0. The number of amides is 1. The lowest BCUT2D eigenvalue weighted by molar-refractivity contribution is -0.128. The fourth-order valence-electron chi connectivity index (χ4n) is 1.37. The molecule has 1 amide bonds. The largest absolute Gasteiger partial charge is 0.377 e. The highest BCUT2D eigenvalue weighted by atomic mass is 16.5. The van der Waals surface area contributed by atoms with Crippen molar-refractivity contribution in [2.45, 2.75) is 33.0 Å². The molecule has 0 bridgehead atoms. The minimum atomic E-state index is 0.156. The van der Waals surface area contributed by atoms with Crippen LogP contribution in [0.2, 0.25) is 0 Å². The highest BCUT2D eigenvalue weighted by Crippen LogP contribution is 2.03. The summed E-state index contributed by atoms with van der Waals surface area (Å²) in [4.78, 5) is 13.1. The first-order valence-corrected chi connectivity index (χ1v) is 4.75. The number of hydrogen-bond donors (Lipinski definition) is 1. The molecule has 0 aliphatic carbocycles. The predicted octanol–water partition coefficient (Wildman–Crippen LogP) is 0.189. The molecule has 1 rings (SSSR count). The Bertz CT molecular complexity index is 182. The van der Waals surface area contributed by atoms with Crippen molar-refractivity contribution in [3.8, 4) is 0 Å². The number of nitrogens with zero attached hydrogens (tertiary/aromatic N) is 1. The van der Waals surface area contributed by atoms with Gasteiger partial charge in [0, 0.05) is 6.54 Å². The topological polar surface area (TPSA) is 41.6 Å². The zero-order valence-electron chi connectivity index (χ0n) is 8.54. The highest BCUT2D eigenvalue weighted by molar-refractivity contribution is 5.80. The van der Waals surface area contributed by atoms with Gasteiger partial charge in [-0.15, -0.1) is 0 Å². The second-order valence-electron chi connectivity index (χ2n) is 3.56. The zero-order chi connectivity index (χ0) is 9.84. The molecule has 1 heterocycles. The molecule has 1 unspecified atom stereocenters. The summed E-state index contributed by atoms with van der Waals surface area (Å²) in [6.07, 6.45) is 0.393. The van der Waals surface area contributed by atoms with Crippen molar-refractivity contribution >= 4 is 5.91 Å². The first-order chi connectivity index (χ1) is 6.11. The van der Waals surface area contributed by atoms with Gasteiger partial charge in [0.15, 0.2) is 0 Å². The minimum Gasteiger partial charge on any atom is -0.377 e. The number of carbonyl (C=O) groups excluding carboxylic acids is 1. The van der Waals surface area contributed by atoms with E-state index < -0.39 is 0 Å². The summed E-state index contributed by atoms with van der Waals surface area (Å²) in [6.45, 7) is 7.74.